The fourth-order valence-corrected chi connectivity index (χ4v) is 1.98. The molecule has 0 atom stereocenters. The van der Waals surface area contributed by atoms with Crippen LogP contribution in [0.15, 0.2) is 47.0 Å². The molecule has 0 saturated heterocycles. The Hall–Kier alpha value is -1.22. The minimum absolute atomic E-state index is 0.947. The summed E-state index contributed by atoms with van der Waals surface area (Å²) in [6.07, 6.45) is 0. The Bertz CT molecular complexity index is 370. The Morgan fingerprint density at radius 3 is 2.79 bits per heavy atom. The molecule has 0 spiro atoms. The van der Waals surface area contributed by atoms with Crippen LogP contribution >= 0.6 is 11.8 Å². The average molecular weight is 204 g/mol. The minimum Gasteiger partial charge on any atom is -0.228 e. The molecule has 3 heteroatoms. The van der Waals surface area contributed by atoms with Gasteiger partial charge < -0.3 is 0 Å². The lowest BCUT2D eigenvalue weighted by molar-refractivity contribution is 1.05. The molecule has 1 aliphatic rings. The largest absolute Gasteiger partial charge is 0.228 e. The molecule has 0 saturated carbocycles. The maximum absolute atomic E-state index is 4.46. The van der Waals surface area contributed by atoms with Crippen molar-refractivity contribution >= 4 is 23.2 Å². The number of hydrazone groups is 1. The highest BCUT2D eigenvalue weighted by atomic mass is 32.2. The van der Waals surface area contributed by atoms with E-state index in [1.165, 1.54) is 0 Å². The third-order valence-electron chi connectivity index (χ3n) is 1.96. The van der Waals surface area contributed by atoms with Gasteiger partial charge in [0.05, 0.1) is 10.7 Å². The summed E-state index contributed by atoms with van der Waals surface area (Å²) in [5.41, 5.74) is 2.20. The fourth-order valence-electron chi connectivity index (χ4n) is 1.28. The molecule has 0 fully saturated rings. The van der Waals surface area contributed by atoms with Gasteiger partial charge in [-0.3, -0.25) is 0 Å². The summed E-state index contributed by atoms with van der Waals surface area (Å²) in [5, 5.41) is 7.34. The standard InChI is InChI=1S/C11H12N2S/c1-9-8-14-10(2)13(12-9)11-6-4-3-5-7-11/h3-7H,2,8H2,1H3. The maximum atomic E-state index is 4.46. The molecule has 0 N–H and O–H groups in total. The van der Waals surface area contributed by atoms with Crippen LogP contribution in [0.5, 0.6) is 0 Å². The summed E-state index contributed by atoms with van der Waals surface area (Å²) in [5.74, 6) is 0.947. The first-order chi connectivity index (χ1) is 6.77. The van der Waals surface area contributed by atoms with Crippen LogP contribution in [0.25, 0.3) is 0 Å². The van der Waals surface area contributed by atoms with Crippen LogP contribution in [0.1, 0.15) is 6.92 Å². The number of hydrogen-bond acceptors (Lipinski definition) is 3. The van der Waals surface area contributed by atoms with E-state index in [4.69, 9.17) is 0 Å². The van der Waals surface area contributed by atoms with Crippen molar-refractivity contribution in [2.24, 2.45) is 5.10 Å². The lowest BCUT2D eigenvalue weighted by atomic mass is 10.3. The van der Waals surface area contributed by atoms with E-state index >= 15 is 0 Å². The molecule has 0 aliphatic carbocycles. The van der Waals surface area contributed by atoms with Crippen molar-refractivity contribution in [3.63, 3.8) is 0 Å². The third-order valence-corrected chi connectivity index (χ3v) is 3.02. The molecule has 0 bridgehead atoms. The monoisotopic (exact) mass is 204 g/mol. The van der Waals surface area contributed by atoms with Gasteiger partial charge in [-0.1, -0.05) is 24.8 Å². The third kappa shape index (κ3) is 1.82. The number of thioether (sulfide) groups is 1. The number of hydrogen-bond donors (Lipinski definition) is 0. The van der Waals surface area contributed by atoms with Crippen LogP contribution in [0.4, 0.5) is 5.69 Å². The van der Waals surface area contributed by atoms with E-state index in [-0.39, 0.29) is 0 Å². The predicted molar refractivity (Wildman–Crippen MR) is 63.6 cm³/mol. The zero-order valence-corrected chi connectivity index (χ0v) is 8.92. The summed E-state index contributed by atoms with van der Waals surface area (Å²) in [6.45, 7) is 6.03. The molecule has 0 unspecified atom stereocenters. The molecule has 14 heavy (non-hydrogen) atoms. The molecule has 1 heterocycles. The molecule has 2 nitrogen and oxygen atoms in total. The molecule has 0 radical (unpaired) electrons. The quantitative estimate of drug-likeness (QED) is 0.698. The van der Waals surface area contributed by atoms with Crippen LogP contribution in [0, 0.1) is 0 Å². The Balaban J connectivity index is 2.34. The summed E-state index contributed by atoms with van der Waals surface area (Å²) < 4.78 is 0. The number of nitrogens with zero attached hydrogens (tertiary/aromatic N) is 2. The van der Waals surface area contributed by atoms with Crippen molar-refractivity contribution in [3.8, 4) is 0 Å². The number of para-hydroxylation sites is 1. The molecule has 1 aromatic rings. The van der Waals surface area contributed by atoms with E-state index in [9.17, 15) is 0 Å². The van der Waals surface area contributed by atoms with Gasteiger partial charge in [-0.2, -0.15) is 5.10 Å². The summed E-state index contributed by atoms with van der Waals surface area (Å²) in [6, 6.07) is 10.1. The molecular weight excluding hydrogens is 192 g/mol. The minimum atomic E-state index is 0.947. The van der Waals surface area contributed by atoms with E-state index in [2.05, 4.69) is 11.7 Å². The second kappa shape index (κ2) is 3.88. The van der Waals surface area contributed by atoms with Crippen molar-refractivity contribution in [1.82, 2.24) is 0 Å². The first-order valence-corrected chi connectivity index (χ1v) is 5.47. The Labute approximate surface area is 88.3 Å². The van der Waals surface area contributed by atoms with Crippen LogP contribution < -0.4 is 5.01 Å². The Morgan fingerprint density at radius 1 is 1.36 bits per heavy atom. The molecule has 1 aromatic carbocycles. The Kier molecular flexibility index (Phi) is 2.59. The molecule has 72 valence electrons. The van der Waals surface area contributed by atoms with Gasteiger partial charge in [-0.25, -0.2) is 5.01 Å². The van der Waals surface area contributed by atoms with Gasteiger partial charge in [-0.15, -0.1) is 11.8 Å². The SMILES string of the molecule is C=C1SCC(C)=NN1c1ccccc1. The van der Waals surface area contributed by atoms with Gasteiger partial charge in [0.15, 0.2) is 0 Å². The first kappa shape index (κ1) is 9.34. The van der Waals surface area contributed by atoms with E-state index in [1.807, 2.05) is 42.3 Å². The van der Waals surface area contributed by atoms with Crippen molar-refractivity contribution in [2.45, 2.75) is 6.92 Å². The summed E-state index contributed by atoms with van der Waals surface area (Å²) in [7, 11) is 0. The maximum Gasteiger partial charge on any atom is 0.0914 e. The highest BCUT2D eigenvalue weighted by molar-refractivity contribution is 8.03. The normalized spacial score (nSPS) is 16.8. The van der Waals surface area contributed by atoms with Crippen molar-refractivity contribution in [3.05, 3.63) is 41.9 Å². The average Bonchev–Trinajstić information content (AvgIpc) is 2.23. The lowest BCUT2D eigenvalue weighted by Crippen LogP contribution is -2.21. The Morgan fingerprint density at radius 2 is 2.07 bits per heavy atom. The fraction of sp³-hybridized carbons (Fsp3) is 0.182. The highest BCUT2D eigenvalue weighted by Crippen LogP contribution is 2.29. The molecule has 0 amide bonds. The van der Waals surface area contributed by atoms with E-state index in [0.29, 0.717) is 0 Å². The molecule has 0 aromatic heterocycles. The van der Waals surface area contributed by atoms with Gasteiger partial charge in [-0.05, 0) is 19.1 Å². The summed E-state index contributed by atoms with van der Waals surface area (Å²) in [4.78, 5) is 0. The van der Waals surface area contributed by atoms with Crippen molar-refractivity contribution in [2.75, 3.05) is 10.8 Å². The van der Waals surface area contributed by atoms with Crippen molar-refractivity contribution in [1.29, 1.82) is 0 Å². The number of benzene rings is 1. The predicted octanol–water partition coefficient (Wildman–Crippen LogP) is 3.09. The van der Waals surface area contributed by atoms with E-state index in [1.54, 1.807) is 11.8 Å². The van der Waals surface area contributed by atoms with E-state index in [0.717, 1.165) is 22.2 Å². The molecular formula is C11H12N2S. The van der Waals surface area contributed by atoms with Gasteiger partial charge in [0.2, 0.25) is 0 Å². The molecule has 2 rings (SSSR count). The number of anilines is 1. The second-order valence-corrected chi connectivity index (χ2v) is 4.21. The van der Waals surface area contributed by atoms with Crippen molar-refractivity contribution < 1.29 is 0 Å². The highest BCUT2D eigenvalue weighted by Gasteiger charge is 2.14. The van der Waals surface area contributed by atoms with Gasteiger partial charge in [0.1, 0.15) is 0 Å². The molecule has 1 aliphatic heterocycles. The van der Waals surface area contributed by atoms with Gasteiger partial charge in [0, 0.05) is 11.5 Å². The van der Waals surface area contributed by atoms with Crippen LogP contribution in [0.3, 0.4) is 0 Å². The number of rotatable bonds is 1. The van der Waals surface area contributed by atoms with Gasteiger partial charge >= 0.3 is 0 Å². The lowest BCUT2D eigenvalue weighted by Gasteiger charge is -2.25. The van der Waals surface area contributed by atoms with E-state index < -0.39 is 0 Å². The topological polar surface area (TPSA) is 15.6 Å². The zero-order valence-electron chi connectivity index (χ0n) is 8.10. The summed E-state index contributed by atoms with van der Waals surface area (Å²) >= 11 is 1.73. The smallest absolute Gasteiger partial charge is 0.0914 e. The van der Waals surface area contributed by atoms with Crippen LogP contribution in [-0.2, 0) is 0 Å². The zero-order chi connectivity index (χ0) is 9.97. The van der Waals surface area contributed by atoms with Crippen LogP contribution in [-0.4, -0.2) is 11.5 Å². The van der Waals surface area contributed by atoms with Crippen LogP contribution in [0.2, 0.25) is 0 Å². The second-order valence-electron chi connectivity index (χ2n) is 3.17. The van der Waals surface area contributed by atoms with Gasteiger partial charge in [0.25, 0.3) is 0 Å². The first-order valence-electron chi connectivity index (χ1n) is 4.48.